The van der Waals surface area contributed by atoms with E-state index in [1.54, 1.807) is 18.2 Å². The number of hydrogen-bond acceptors (Lipinski definition) is 4. The molecule has 0 spiro atoms. The number of nitrogens with zero attached hydrogens (tertiary/aromatic N) is 1. The summed E-state index contributed by atoms with van der Waals surface area (Å²) in [5, 5.41) is 14.0. The Labute approximate surface area is 131 Å². The molecule has 0 fully saturated rings. The molecule has 0 bridgehead atoms. The zero-order valence-corrected chi connectivity index (χ0v) is 12.7. The molecule has 0 saturated carbocycles. The maximum atomic E-state index is 12.2. The molecule has 22 heavy (non-hydrogen) atoms. The summed E-state index contributed by atoms with van der Waals surface area (Å²) in [6.07, 6.45) is 0. The van der Waals surface area contributed by atoms with E-state index >= 15 is 0 Å². The topological polar surface area (TPSA) is 81.5 Å². The van der Waals surface area contributed by atoms with Crippen LogP contribution in [-0.4, -0.2) is 17.9 Å². The molecule has 6 nitrogen and oxygen atoms in total. The summed E-state index contributed by atoms with van der Waals surface area (Å²) in [7, 11) is 1.33. The van der Waals surface area contributed by atoms with Gasteiger partial charge in [-0.2, -0.15) is 0 Å². The number of anilines is 1. The molecule has 0 radical (unpaired) electrons. The lowest BCUT2D eigenvalue weighted by molar-refractivity contribution is -0.385. The van der Waals surface area contributed by atoms with Crippen LogP contribution in [0, 0.1) is 17.0 Å². The number of benzene rings is 2. The highest BCUT2D eigenvalue weighted by Crippen LogP contribution is 2.28. The van der Waals surface area contributed by atoms with Gasteiger partial charge in [0.15, 0.2) is 5.75 Å². The largest absolute Gasteiger partial charge is 0.490 e. The first-order valence-electron chi connectivity index (χ1n) is 6.32. The minimum Gasteiger partial charge on any atom is -0.490 e. The number of methoxy groups -OCH3 is 1. The van der Waals surface area contributed by atoms with Crippen LogP contribution < -0.4 is 10.1 Å². The fraction of sp³-hybridized carbons (Fsp3) is 0.133. The SMILES string of the molecule is COc1ccc(C(=O)Nc2ccc(C)cc2Cl)cc1[N+](=O)[O-]. The van der Waals surface area contributed by atoms with Gasteiger partial charge in [-0.3, -0.25) is 14.9 Å². The number of nitro groups is 1. The van der Waals surface area contributed by atoms with Gasteiger partial charge in [0, 0.05) is 11.6 Å². The summed E-state index contributed by atoms with van der Waals surface area (Å²) in [5.74, 6) is -0.397. The maximum Gasteiger partial charge on any atom is 0.311 e. The van der Waals surface area contributed by atoms with Gasteiger partial charge in [-0.15, -0.1) is 0 Å². The average Bonchev–Trinajstić information content (AvgIpc) is 2.49. The molecule has 0 aromatic heterocycles. The summed E-state index contributed by atoms with van der Waals surface area (Å²) >= 11 is 6.05. The number of aryl methyl sites for hydroxylation is 1. The average molecular weight is 321 g/mol. The Morgan fingerprint density at radius 1 is 1.27 bits per heavy atom. The van der Waals surface area contributed by atoms with E-state index in [2.05, 4.69) is 5.32 Å². The van der Waals surface area contributed by atoms with Gasteiger partial charge < -0.3 is 10.1 Å². The predicted molar refractivity (Wildman–Crippen MR) is 83.8 cm³/mol. The highest BCUT2D eigenvalue weighted by molar-refractivity contribution is 6.34. The van der Waals surface area contributed by atoms with Crippen LogP contribution in [0.15, 0.2) is 36.4 Å². The van der Waals surface area contributed by atoms with Crippen LogP contribution in [0.25, 0.3) is 0 Å². The summed E-state index contributed by atoms with van der Waals surface area (Å²) in [4.78, 5) is 22.6. The third-order valence-electron chi connectivity index (χ3n) is 3.01. The Bertz CT molecular complexity index is 746. The molecule has 0 saturated heterocycles. The molecule has 7 heteroatoms. The molecule has 0 aliphatic carbocycles. The molecule has 1 N–H and O–H groups in total. The van der Waals surface area contributed by atoms with E-state index in [1.807, 2.05) is 6.92 Å². The van der Waals surface area contributed by atoms with Gasteiger partial charge in [0.05, 0.1) is 22.7 Å². The Morgan fingerprint density at radius 2 is 2.00 bits per heavy atom. The van der Waals surface area contributed by atoms with Crippen molar-refractivity contribution in [3.05, 3.63) is 62.7 Å². The fourth-order valence-corrected chi connectivity index (χ4v) is 2.17. The van der Waals surface area contributed by atoms with E-state index in [4.69, 9.17) is 16.3 Å². The first-order valence-corrected chi connectivity index (χ1v) is 6.70. The fourth-order valence-electron chi connectivity index (χ4n) is 1.89. The number of carbonyl (C=O) groups is 1. The van der Waals surface area contributed by atoms with Crippen LogP contribution in [0.1, 0.15) is 15.9 Å². The molecule has 114 valence electrons. The van der Waals surface area contributed by atoms with Gasteiger partial charge in [0.2, 0.25) is 0 Å². The van der Waals surface area contributed by atoms with Crippen molar-refractivity contribution in [2.75, 3.05) is 12.4 Å². The number of amides is 1. The Kier molecular flexibility index (Phi) is 4.62. The van der Waals surface area contributed by atoms with Gasteiger partial charge in [-0.25, -0.2) is 0 Å². The molecule has 0 aliphatic rings. The normalized spacial score (nSPS) is 10.1. The second-order valence-electron chi connectivity index (χ2n) is 4.58. The lowest BCUT2D eigenvalue weighted by Crippen LogP contribution is -2.12. The van der Waals surface area contributed by atoms with Crippen LogP contribution >= 0.6 is 11.6 Å². The van der Waals surface area contributed by atoms with E-state index in [0.29, 0.717) is 10.7 Å². The monoisotopic (exact) mass is 320 g/mol. The third kappa shape index (κ3) is 3.35. The minimum absolute atomic E-state index is 0.0925. The van der Waals surface area contributed by atoms with E-state index in [0.717, 1.165) is 11.6 Å². The van der Waals surface area contributed by atoms with E-state index in [1.165, 1.54) is 19.2 Å². The van der Waals surface area contributed by atoms with Crippen LogP contribution in [0.4, 0.5) is 11.4 Å². The van der Waals surface area contributed by atoms with E-state index in [9.17, 15) is 14.9 Å². The molecule has 2 rings (SSSR count). The van der Waals surface area contributed by atoms with Crippen LogP contribution in [0.5, 0.6) is 5.75 Å². The summed E-state index contributed by atoms with van der Waals surface area (Å²) < 4.78 is 4.90. The molecule has 1 amide bonds. The molecular weight excluding hydrogens is 308 g/mol. The van der Waals surface area contributed by atoms with Crippen LogP contribution in [0.3, 0.4) is 0 Å². The zero-order chi connectivity index (χ0) is 16.3. The van der Waals surface area contributed by atoms with Gasteiger partial charge >= 0.3 is 5.69 Å². The van der Waals surface area contributed by atoms with E-state index in [-0.39, 0.29) is 17.0 Å². The second-order valence-corrected chi connectivity index (χ2v) is 4.99. The smallest absolute Gasteiger partial charge is 0.311 e. The molecule has 0 unspecified atom stereocenters. The first-order chi connectivity index (χ1) is 10.4. The number of halogens is 1. The van der Waals surface area contributed by atoms with Gasteiger partial charge in [-0.1, -0.05) is 17.7 Å². The molecule has 0 atom stereocenters. The van der Waals surface area contributed by atoms with Gasteiger partial charge in [-0.05, 0) is 36.8 Å². The minimum atomic E-state index is -0.603. The van der Waals surface area contributed by atoms with Crippen LogP contribution in [-0.2, 0) is 0 Å². The highest BCUT2D eigenvalue weighted by atomic mass is 35.5. The third-order valence-corrected chi connectivity index (χ3v) is 3.32. The highest BCUT2D eigenvalue weighted by Gasteiger charge is 2.18. The number of carbonyl (C=O) groups excluding carboxylic acids is 1. The molecule has 2 aromatic rings. The zero-order valence-electron chi connectivity index (χ0n) is 11.9. The summed E-state index contributed by atoms with van der Waals surface area (Å²) in [6, 6.07) is 9.18. The van der Waals surface area contributed by atoms with Gasteiger partial charge in [0.25, 0.3) is 5.91 Å². The lowest BCUT2D eigenvalue weighted by Gasteiger charge is -2.09. The number of ether oxygens (including phenoxy) is 1. The van der Waals surface area contributed by atoms with Crippen molar-refractivity contribution >= 4 is 28.9 Å². The molecule has 2 aromatic carbocycles. The van der Waals surface area contributed by atoms with Gasteiger partial charge in [0.1, 0.15) is 0 Å². The molecule has 0 heterocycles. The first kappa shape index (κ1) is 15.8. The number of nitrogens with one attached hydrogen (secondary N) is 1. The van der Waals surface area contributed by atoms with Crippen molar-refractivity contribution in [1.29, 1.82) is 0 Å². The van der Waals surface area contributed by atoms with Crippen molar-refractivity contribution in [2.24, 2.45) is 0 Å². The molecular formula is C15H13ClN2O4. The summed E-state index contributed by atoms with van der Waals surface area (Å²) in [5.41, 5.74) is 1.27. The maximum absolute atomic E-state index is 12.2. The van der Waals surface area contributed by atoms with Crippen molar-refractivity contribution in [3.63, 3.8) is 0 Å². The van der Waals surface area contributed by atoms with Crippen molar-refractivity contribution in [1.82, 2.24) is 0 Å². The second kappa shape index (κ2) is 6.44. The van der Waals surface area contributed by atoms with Crippen molar-refractivity contribution in [2.45, 2.75) is 6.92 Å². The number of hydrogen-bond donors (Lipinski definition) is 1. The standard InChI is InChI=1S/C15H13ClN2O4/c1-9-3-5-12(11(16)7-9)17-15(19)10-4-6-14(22-2)13(8-10)18(20)21/h3-8H,1-2H3,(H,17,19). The van der Waals surface area contributed by atoms with E-state index < -0.39 is 10.8 Å². The van der Waals surface area contributed by atoms with Crippen molar-refractivity contribution in [3.8, 4) is 5.75 Å². The van der Waals surface area contributed by atoms with Crippen LogP contribution in [0.2, 0.25) is 5.02 Å². The predicted octanol–water partition coefficient (Wildman–Crippen LogP) is 3.82. The Morgan fingerprint density at radius 3 is 2.59 bits per heavy atom. The molecule has 0 aliphatic heterocycles. The van der Waals surface area contributed by atoms with Crippen molar-refractivity contribution < 1.29 is 14.5 Å². The Balaban J connectivity index is 2.30. The Hall–Kier alpha value is -2.60. The number of nitro benzene ring substituents is 1. The summed E-state index contributed by atoms with van der Waals surface area (Å²) in [6.45, 7) is 1.88. The number of rotatable bonds is 4. The lowest BCUT2D eigenvalue weighted by atomic mass is 10.1. The quantitative estimate of drug-likeness (QED) is 0.686.